The second-order valence-electron chi connectivity index (χ2n) is 6.81. The van der Waals surface area contributed by atoms with Crippen LogP contribution in [-0.4, -0.2) is 11.0 Å². The van der Waals surface area contributed by atoms with Crippen LogP contribution in [0.2, 0.25) is 5.02 Å². The number of pyridine rings is 1. The number of benzene rings is 3. The standard InChI is InChI=1S/C24H17BrClNO2/c1-14-4-3-5-23(15(14)2)29-24(28)20-13-22(16-6-9-18(26)10-7-16)27-21-11-8-17(25)12-19(20)21/h3-13H,1-2H3. The number of aromatic nitrogens is 1. The molecule has 0 aliphatic carbocycles. The lowest BCUT2D eigenvalue weighted by molar-refractivity contribution is 0.0735. The Balaban J connectivity index is 1.84. The summed E-state index contributed by atoms with van der Waals surface area (Å²) >= 11 is 9.49. The molecule has 0 aliphatic heterocycles. The molecule has 0 radical (unpaired) electrons. The van der Waals surface area contributed by atoms with E-state index in [1.54, 1.807) is 24.3 Å². The van der Waals surface area contributed by atoms with E-state index in [1.165, 1.54) is 0 Å². The van der Waals surface area contributed by atoms with E-state index in [9.17, 15) is 4.79 Å². The fourth-order valence-corrected chi connectivity index (χ4v) is 3.61. The zero-order valence-electron chi connectivity index (χ0n) is 15.9. The van der Waals surface area contributed by atoms with E-state index in [-0.39, 0.29) is 0 Å². The van der Waals surface area contributed by atoms with Crippen LogP contribution in [0, 0.1) is 13.8 Å². The predicted molar refractivity (Wildman–Crippen MR) is 121 cm³/mol. The third-order valence-electron chi connectivity index (χ3n) is 4.89. The first kappa shape index (κ1) is 19.6. The lowest BCUT2D eigenvalue weighted by Crippen LogP contribution is -2.11. The number of hydrogen-bond acceptors (Lipinski definition) is 3. The Morgan fingerprint density at radius 1 is 1.00 bits per heavy atom. The molecule has 3 nitrogen and oxygen atoms in total. The van der Waals surface area contributed by atoms with Crippen LogP contribution in [0.15, 0.2) is 71.2 Å². The normalized spacial score (nSPS) is 10.9. The Morgan fingerprint density at radius 3 is 2.52 bits per heavy atom. The quantitative estimate of drug-likeness (QED) is 0.238. The largest absolute Gasteiger partial charge is 0.423 e. The Kier molecular flexibility index (Phi) is 5.39. The van der Waals surface area contributed by atoms with Crippen LogP contribution in [0.1, 0.15) is 21.5 Å². The summed E-state index contributed by atoms with van der Waals surface area (Å²) in [5, 5.41) is 1.38. The molecule has 5 heteroatoms. The second kappa shape index (κ2) is 7.97. The van der Waals surface area contributed by atoms with Gasteiger partial charge in [-0.2, -0.15) is 0 Å². The van der Waals surface area contributed by atoms with Gasteiger partial charge in [-0.1, -0.05) is 51.8 Å². The van der Waals surface area contributed by atoms with Gasteiger partial charge >= 0.3 is 5.97 Å². The van der Waals surface area contributed by atoms with E-state index < -0.39 is 5.97 Å². The maximum Gasteiger partial charge on any atom is 0.344 e. The van der Waals surface area contributed by atoms with Crippen LogP contribution in [0.25, 0.3) is 22.2 Å². The van der Waals surface area contributed by atoms with E-state index in [1.807, 2.05) is 56.3 Å². The zero-order chi connectivity index (χ0) is 20.5. The number of nitrogens with zero attached hydrogens (tertiary/aromatic N) is 1. The molecule has 0 aliphatic rings. The summed E-state index contributed by atoms with van der Waals surface area (Å²) in [5.74, 6) is 0.141. The van der Waals surface area contributed by atoms with Gasteiger partial charge in [0.05, 0.1) is 16.8 Å². The first-order valence-corrected chi connectivity index (χ1v) is 10.2. The molecule has 0 saturated carbocycles. The number of aryl methyl sites for hydroxylation is 1. The van der Waals surface area contributed by atoms with Crippen LogP contribution in [-0.2, 0) is 0 Å². The molecule has 0 saturated heterocycles. The number of ether oxygens (including phenoxy) is 1. The van der Waals surface area contributed by atoms with Crippen molar-refractivity contribution in [2.45, 2.75) is 13.8 Å². The van der Waals surface area contributed by atoms with Crippen LogP contribution < -0.4 is 4.74 Å². The summed E-state index contributed by atoms with van der Waals surface area (Å²) < 4.78 is 6.63. The molecule has 0 atom stereocenters. The van der Waals surface area contributed by atoms with Gasteiger partial charge in [0.2, 0.25) is 0 Å². The van der Waals surface area contributed by atoms with Gasteiger partial charge in [-0.25, -0.2) is 9.78 Å². The number of esters is 1. The number of fused-ring (bicyclic) bond motifs is 1. The molecule has 1 aromatic heterocycles. The fourth-order valence-electron chi connectivity index (χ4n) is 3.13. The third kappa shape index (κ3) is 4.04. The van der Waals surface area contributed by atoms with Crippen LogP contribution in [0.4, 0.5) is 0 Å². The summed E-state index contributed by atoms with van der Waals surface area (Å²) in [6, 6.07) is 20.5. The molecule has 0 bridgehead atoms. The summed E-state index contributed by atoms with van der Waals surface area (Å²) in [5.41, 5.74) is 4.75. The Hall–Kier alpha value is -2.69. The maximum absolute atomic E-state index is 13.2. The minimum Gasteiger partial charge on any atom is -0.423 e. The van der Waals surface area contributed by atoms with Gasteiger partial charge in [0.25, 0.3) is 0 Å². The van der Waals surface area contributed by atoms with Gasteiger partial charge in [0, 0.05) is 20.4 Å². The number of halogens is 2. The Bertz CT molecular complexity index is 1240. The number of carbonyl (C=O) groups excluding carboxylic acids is 1. The highest BCUT2D eigenvalue weighted by atomic mass is 79.9. The second-order valence-corrected chi connectivity index (χ2v) is 8.16. The monoisotopic (exact) mass is 465 g/mol. The molecule has 4 rings (SSSR count). The summed E-state index contributed by atoms with van der Waals surface area (Å²) in [6.45, 7) is 3.93. The minimum atomic E-state index is -0.417. The molecule has 3 aromatic carbocycles. The zero-order valence-corrected chi connectivity index (χ0v) is 18.2. The molecule has 0 fully saturated rings. The average molecular weight is 467 g/mol. The number of carbonyl (C=O) groups is 1. The van der Waals surface area contributed by atoms with Crippen LogP contribution >= 0.6 is 27.5 Å². The van der Waals surface area contributed by atoms with Crippen molar-refractivity contribution in [3.63, 3.8) is 0 Å². The van der Waals surface area contributed by atoms with Crippen LogP contribution in [0.3, 0.4) is 0 Å². The first-order valence-electron chi connectivity index (χ1n) is 9.07. The number of rotatable bonds is 3. The van der Waals surface area contributed by atoms with Gasteiger partial charge in [-0.15, -0.1) is 0 Å². The maximum atomic E-state index is 13.2. The average Bonchev–Trinajstić information content (AvgIpc) is 2.71. The van der Waals surface area contributed by atoms with Gasteiger partial charge in [0.15, 0.2) is 0 Å². The lowest BCUT2D eigenvalue weighted by atomic mass is 10.0. The number of hydrogen-bond donors (Lipinski definition) is 0. The van der Waals surface area contributed by atoms with Gasteiger partial charge in [0.1, 0.15) is 5.75 Å². The Labute approximate surface area is 182 Å². The van der Waals surface area contributed by atoms with E-state index in [4.69, 9.17) is 21.3 Å². The highest BCUT2D eigenvalue weighted by Crippen LogP contribution is 2.29. The summed E-state index contributed by atoms with van der Waals surface area (Å²) in [4.78, 5) is 17.9. The van der Waals surface area contributed by atoms with E-state index in [2.05, 4.69) is 15.9 Å². The van der Waals surface area contributed by atoms with Crippen molar-refractivity contribution in [3.05, 3.63) is 92.9 Å². The molecule has 0 amide bonds. The van der Waals surface area contributed by atoms with Crippen molar-refractivity contribution in [1.82, 2.24) is 4.98 Å². The molecule has 1 heterocycles. The van der Waals surface area contributed by atoms with Crippen molar-refractivity contribution in [3.8, 4) is 17.0 Å². The molecule has 0 spiro atoms. The van der Waals surface area contributed by atoms with E-state index >= 15 is 0 Å². The molecule has 29 heavy (non-hydrogen) atoms. The molecule has 0 N–H and O–H groups in total. The third-order valence-corrected chi connectivity index (χ3v) is 5.63. The lowest BCUT2D eigenvalue weighted by Gasteiger charge is -2.12. The topological polar surface area (TPSA) is 39.2 Å². The highest BCUT2D eigenvalue weighted by molar-refractivity contribution is 9.10. The minimum absolute atomic E-state index is 0.417. The molecular weight excluding hydrogens is 450 g/mol. The Morgan fingerprint density at radius 2 is 1.76 bits per heavy atom. The smallest absolute Gasteiger partial charge is 0.344 e. The molecular formula is C24H17BrClNO2. The SMILES string of the molecule is Cc1cccc(OC(=O)c2cc(-c3ccc(Cl)cc3)nc3ccc(Br)cc23)c1C. The van der Waals surface area contributed by atoms with E-state index in [0.717, 1.165) is 26.5 Å². The van der Waals surface area contributed by atoms with Crippen LogP contribution in [0.5, 0.6) is 5.75 Å². The van der Waals surface area contributed by atoms with Crippen molar-refractivity contribution in [2.75, 3.05) is 0 Å². The van der Waals surface area contributed by atoms with Gasteiger partial charge in [-0.05, 0) is 67.4 Å². The first-order chi connectivity index (χ1) is 13.9. The fraction of sp³-hybridized carbons (Fsp3) is 0.0833. The van der Waals surface area contributed by atoms with Crippen molar-refractivity contribution < 1.29 is 9.53 Å². The molecule has 0 unspecified atom stereocenters. The molecule has 4 aromatic rings. The highest BCUT2D eigenvalue weighted by Gasteiger charge is 2.17. The summed E-state index contributed by atoms with van der Waals surface area (Å²) in [6.07, 6.45) is 0. The van der Waals surface area contributed by atoms with Gasteiger partial charge < -0.3 is 4.74 Å². The summed E-state index contributed by atoms with van der Waals surface area (Å²) in [7, 11) is 0. The predicted octanol–water partition coefficient (Wildman–Crippen LogP) is 7.15. The van der Waals surface area contributed by atoms with E-state index in [0.29, 0.717) is 27.5 Å². The molecule has 144 valence electrons. The van der Waals surface area contributed by atoms with Gasteiger partial charge in [-0.3, -0.25) is 0 Å². The van der Waals surface area contributed by atoms with Crippen molar-refractivity contribution in [1.29, 1.82) is 0 Å². The van der Waals surface area contributed by atoms with Crippen molar-refractivity contribution in [2.24, 2.45) is 0 Å². The van der Waals surface area contributed by atoms with Crippen molar-refractivity contribution >= 4 is 44.4 Å².